The van der Waals surface area contributed by atoms with Crippen molar-refractivity contribution in [2.24, 2.45) is 0 Å². The van der Waals surface area contributed by atoms with E-state index in [1.54, 1.807) is 0 Å². The third-order valence-electron chi connectivity index (χ3n) is 2.95. The fourth-order valence-electron chi connectivity index (χ4n) is 2.31. The first-order chi connectivity index (χ1) is 6.77. The fourth-order valence-corrected chi connectivity index (χ4v) is 2.31. The van der Waals surface area contributed by atoms with Crippen molar-refractivity contribution in [3.05, 3.63) is 29.3 Å². The Morgan fingerprint density at radius 3 is 3.00 bits per heavy atom. The summed E-state index contributed by atoms with van der Waals surface area (Å²) in [7, 11) is 0. The Hall–Kier alpha value is -1.31. The largest absolute Gasteiger partial charge is 0.371 e. The first-order valence-electron chi connectivity index (χ1n) is 5.11. The van der Waals surface area contributed by atoms with Gasteiger partial charge in [0.1, 0.15) is 6.29 Å². The summed E-state index contributed by atoms with van der Waals surface area (Å²) < 4.78 is 0. The smallest absolute Gasteiger partial charge is 0.150 e. The molecule has 0 N–H and O–H groups in total. The third kappa shape index (κ3) is 1.22. The Morgan fingerprint density at radius 2 is 2.36 bits per heavy atom. The van der Waals surface area contributed by atoms with Gasteiger partial charge in [0, 0.05) is 30.3 Å². The van der Waals surface area contributed by atoms with Gasteiger partial charge in [0.25, 0.3) is 0 Å². The number of rotatable bonds is 2. The van der Waals surface area contributed by atoms with Gasteiger partial charge in [-0.2, -0.15) is 0 Å². The standard InChI is InChI=1S/C12H15NO/c1-3-13-7-9(2)12-10(8-14)5-4-6-11(12)13/h4-6,8-9H,3,7H2,1-2H3. The first-order valence-corrected chi connectivity index (χ1v) is 5.11. The van der Waals surface area contributed by atoms with Crippen LogP contribution in [0.1, 0.15) is 35.7 Å². The summed E-state index contributed by atoms with van der Waals surface area (Å²) in [4.78, 5) is 13.2. The van der Waals surface area contributed by atoms with Crippen molar-refractivity contribution >= 4 is 12.0 Å². The first kappa shape index (κ1) is 9.25. The van der Waals surface area contributed by atoms with Crippen LogP contribution in [0.4, 0.5) is 5.69 Å². The molecule has 0 saturated heterocycles. The number of carbonyl (C=O) groups is 1. The van der Waals surface area contributed by atoms with Crippen LogP contribution in [0.5, 0.6) is 0 Å². The van der Waals surface area contributed by atoms with Crippen molar-refractivity contribution in [1.29, 1.82) is 0 Å². The molecular formula is C12H15NO. The van der Waals surface area contributed by atoms with Crippen LogP contribution in [0, 0.1) is 0 Å². The molecule has 2 heteroatoms. The normalized spacial score (nSPS) is 19.6. The molecule has 0 spiro atoms. The summed E-state index contributed by atoms with van der Waals surface area (Å²) >= 11 is 0. The second-order valence-corrected chi connectivity index (χ2v) is 3.84. The number of carbonyl (C=O) groups excluding carboxylic acids is 1. The minimum atomic E-state index is 0.478. The minimum Gasteiger partial charge on any atom is -0.371 e. The van der Waals surface area contributed by atoms with E-state index in [-0.39, 0.29) is 0 Å². The Morgan fingerprint density at radius 1 is 1.57 bits per heavy atom. The van der Waals surface area contributed by atoms with Gasteiger partial charge < -0.3 is 4.90 Å². The zero-order valence-electron chi connectivity index (χ0n) is 8.66. The molecule has 14 heavy (non-hydrogen) atoms. The van der Waals surface area contributed by atoms with Crippen LogP contribution in [0.2, 0.25) is 0 Å². The predicted molar refractivity (Wildman–Crippen MR) is 58.1 cm³/mol. The lowest BCUT2D eigenvalue weighted by molar-refractivity contribution is 0.112. The summed E-state index contributed by atoms with van der Waals surface area (Å²) in [5.41, 5.74) is 3.32. The van der Waals surface area contributed by atoms with Gasteiger partial charge in [-0.1, -0.05) is 19.1 Å². The van der Waals surface area contributed by atoms with Crippen LogP contribution in [0.3, 0.4) is 0 Å². The fraction of sp³-hybridized carbons (Fsp3) is 0.417. The molecule has 1 aromatic rings. The number of hydrogen-bond acceptors (Lipinski definition) is 2. The van der Waals surface area contributed by atoms with Gasteiger partial charge in [0.15, 0.2) is 0 Å². The second kappa shape index (κ2) is 3.45. The molecule has 0 fully saturated rings. The van der Waals surface area contributed by atoms with Crippen molar-refractivity contribution in [3.63, 3.8) is 0 Å². The number of hydrogen-bond donors (Lipinski definition) is 0. The number of benzene rings is 1. The highest BCUT2D eigenvalue weighted by Crippen LogP contribution is 2.37. The molecule has 2 rings (SSSR count). The maximum Gasteiger partial charge on any atom is 0.150 e. The highest BCUT2D eigenvalue weighted by Gasteiger charge is 2.26. The van der Waals surface area contributed by atoms with Gasteiger partial charge in [0.2, 0.25) is 0 Å². The summed E-state index contributed by atoms with van der Waals surface area (Å²) in [5.74, 6) is 0.478. The Balaban J connectivity index is 2.54. The van der Waals surface area contributed by atoms with Crippen molar-refractivity contribution < 1.29 is 4.79 Å². The van der Waals surface area contributed by atoms with Gasteiger partial charge in [-0.3, -0.25) is 4.79 Å². The molecular weight excluding hydrogens is 174 g/mol. The van der Waals surface area contributed by atoms with Crippen LogP contribution >= 0.6 is 0 Å². The van der Waals surface area contributed by atoms with E-state index in [4.69, 9.17) is 0 Å². The third-order valence-corrected chi connectivity index (χ3v) is 2.95. The lowest BCUT2D eigenvalue weighted by Crippen LogP contribution is -2.20. The van der Waals surface area contributed by atoms with Gasteiger partial charge in [-0.15, -0.1) is 0 Å². The number of fused-ring (bicyclic) bond motifs is 1. The number of anilines is 1. The van der Waals surface area contributed by atoms with Crippen molar-refractivity contribution in [2.75, 3.05) is 18.0 Å². The molecule has 1 unspecified atom stereocenters. The highest BCUT2D eigenvalue weighted by molar-refractivity contribution is 5.82. The average Bonchev–Trinajstić information content (AvgIpc) is 2.55. The number of nitrogens with zero attached hydrogens (tertiary/aromatic N) is 1. The SMILES string of the molecule is CCN1CC(C)c2c(C=O)cccc21. The van der Waals surface area contributed by atoms with Crippen molar-refractivity contribution in [2.45, 2.75) is 19.8 Å². The van der Waals surface area contributed by atoms with Crippen LogP contribution in [-0.2, 0) is 0 Å². The molecule has 0 saturated carbocycles. The number of aldehydes is 1. The minimum absolute atomic E-state index is 0.478. The summed E-state index contributed by atoms with van der Waals surface area (Å²) in [6, 6.07) is 5.97. The second-order valence-electron chi connectivity index (χ2n) is 3.84. The van der Waals surface area contributed by atoms with E-state index in [0.29, 0.717) is 5.92 Å². The van der Waals surface area contributed by atoms with Gasteiger partial charge in [-0.25, -0.2) is 0 Å². The van der Waals surface area contributed by atoms with Crippen LogP contribution < -0.4 is 4.90 Å². The zero-order valence-corrected chi connectivity index (χ0v) is 8.66. The van der Waals surface area contributed by atoms with E-state index >= 15 is 0 Å². The molecule has 1 aromatic carbocycles. The van der Waals surface area contributed by atoms with Crippen molar-refractivity contribution in [3.8, 4) is 0 Å². The lowest BCUT2D eigenvalue weighted by atomic mass is 9.98. The molecule has 1 aliphatic heterocycles. The van der Waals surface area contributed by atoms with E-state index in [2.05, 4.69) is 24.8 Å². The molecule has 1 atom stereocenters. The average molecular weight is 189 g/mol. The van der Waals surface area contributed by atoms with Gasteiger partial charge in [0.05, 0.1) is 0 Å². The van der Waals surface area contributed by atoms with Crippen LogP contribution in [-0.4, -0.2) is 19.4 Å². The number of likely N-dealkylation sites (N-methyl/N-ethyl adjacent to an activating group) is 1. The van der Waals surface area contributed by atoms with E-state index in [1.807, 2.05) is 12.1 Å². The molecule has 0 aromatic heterocycles. The van der Waals surface area contributed by atoms with E-state index < -0.39 is 0 Å². The Kier molecular flexibility index (Phi) is 2.28. The molecule has 1 aliphatic rings. The summed E-state index contributed by atoms with van der Waals surface area (Å²) in [6.07, 6.45) is 0.967. The van der Waals surface area contributed by atoms with Crippen LogP contribution in [0.25, 0.3) is 0 Å². The van der Waals surface area contributed by atoms with Crippen LogP contribution in [0.15, 0.2) is 18.2 Å². The topological polar surface area (TPSA) is 20.3 Å². The van der Waals surface area contributed by atoms with E-state index in [9.17, 15) is 4.79 Å². The maximum absolute atomic E-state index is 10.9. The van der Waals surface area contributed by atoms with Gasteiger partial charge >= 0.3 is 0 Å². The van der Waals surface area contributed by atoms with E-state index in [1.165, 1.54) is 11.3 Å². The molecule has 2 nitrogen and oxygen atoms in total. The van der Waals surface area contributed by atoms with Crippen molar-refractivity contribution in [1.82, 2.24) is 0 Å². The molecule has 0 bridgehead atoms. The quantitative estimate of drug-likeness (QED) is 0.666. The monoisotopic (exact) mass is 189 g/mol. The maximum atomic E-state index is 10.9. The molecule has 0 radical (unpaired) electrons. The molecule has 0 aliphatic carbocycles. The predicted octanol–water partition coefficient (Wildman–Crippen LogP) is 2.44. The Labute approximate surface area is 84.5 Å². The zero-order chi connectivity index (χ0) is 10.1. The molecule has 1 heterocycles. The summed E-state index contributed by atoms with van der Waals surface area (Å²) in [5, 5.41) is 0. The highest BCUT2D eigenvalue weighted by atomic mass is 16.1. The molecule has 0 amide bonds. The lowest BCUT2D eigenvalue weighted by Gasteiger charge is -2.16. The summed E-state index contributed by atoms with van der Waals surface area (Å²) in [6.45, 7) is 6.38. The Bertz CT molecular complexity index is 359. The van der Waals surface area contributed by atoms with E-state index in [0.717, 1.165) is 24.9 Å². The van der Waals surface area contributed by atoms with Gasteiger partial charge in [-0.05, 0) is 18.6 Å². The molecule has 74 valence electrons.